The number of hydrogen-bond donors (Lipinski definition) is 1. The molecule has 0 aliphatic rings. The van der Waals surface area contributed by atoms with Crippen molar-refractivity contribution in [2.75, 3.05) is 12.9 Å². The van der Waals surface area contributed by atoms with Gasteiger partial charge in [-0.1, -0.05) is 0 Å². The number of nitrogens with two attached hydrogens (primary N) is 1. The maximum atomic E-state index is 12.8. The molecule has 1 aromatic carbocycles. The summed E-state index contributed by atoms with van der Waals surface area (Å²) in [5, 5.41) is 0. The highest BCUT2D eigenvalue weighted by Crippen LogP contribution is 2.21. The summed E-state index contributed by atoms with van der Waals surface area (Å²) >= 11 is 1.59. The monoisotopic (exact) mass is 201 g/mol. The molecule has 0 saturated heterocycles. The van der Waals surface area contributed by atoms with E-state index in [0.717, 1.165) is 10.5 Å². The van der Waals surface area contributed by atoms with Gasteiger partial charge in [0.1, 0.15) is 5.82 Å². The third-order valence-corrected chi connectivity index (χ3v) is 2.57. The van der Waals surface area contributed by atoms with Crippen LogP contribution in [0.2, 0.25) is 0 Å². The van der Waals surface area contributed by atoms with Crippen molar-refractivity contribution in [1.29, 1.82) is 0 Å². The zero-order chi connectivity index (χ0) is 9.68. The van der Waals surface area contributed by atoms with Crippen LogP contribution in [0.25, 0.3) is 0 Å². The molecule has 1 rings (SSSR count). The molecule has 0 fully saturated rings. The summed E-state index contributed by atoms with van der Waals surface area (Å²) < 4.78 is 12.8. The summed E-state index contributed by atoms with van der Waals surface area (Å²) in [6, 6.07) is 4.75. The summed E-state index contributed by atoms with van der Waals surface area (Å²) in [4.78, 5) is 5.52. The Morgan fingerprint density at radius 3 is 2.92 bits per heavy atom. The molecular formula is C9H12FNOS. The fourth-order valence-corrected chi connectivity index (χ4v) is 1.74. The van der Waals surface area contributed by atoms with E-state index in [0.29, 0.717) is 13.0 Å². The molecule has 0 aromatic heterocycles. The molecule has 0 amide bonds. The Bertz CT molecular complexity index is 280. The number of benzene rings is 1. The van der Waals surface area contributed by atoms with Gasteiger partial charge in [-0.2, -0.15) is 0 Å². The molecule has 1 aromatic rings. The van der Waals surface area contributed by atoms with Crippen LogP contribution in [-0.4, -0.2) is 12.9 Å². The van der Waals surface area contributed by atoms with E-state index >= 15 is 0 Å². The highest BCUT2D eigenvalue weighted by Gasteiger charge is 2.02. The van der Waals surface area contributed by atoms with E-state index in [1.54, 1.807) is 17.8 Å². The minimum Gasteiger partial charge on any atom is -0.304 e. The molecule has 0 atom stereocenters. The minimum absolute atomic E-state index is 0.218. The SMILES string of the molecule is CSc1ccc(F)cc1CCON. The predicted octanol–water partition coefficient (Wildman–Crippen LogP) is 1.98. The van der Waals surface area contributed by atoms with Crippen LogP contribution in [0.15, 0.2) is 23.1 Å². The summed E-state index contributed by atoms with van der Waals surface area (Å²) in [6.07, 6.45) is 2.60. The van der Waals surface area contributed by atoms with E-state index in [1.165, 1.54) is 12.1 Å². The molecule has 13 heavy (non-hydrogen) atoms. The normalized spacial score (nSPS) is 10.4. The minimum atomic E-state index is -0.218. The molecule has 0 unspecified atom stereocenters. The van der Waals surface area contributed by atoms with Gasteiger partial charge in [0.25, 0.3) is 0 Å². The lowest BCUT2D eigenvalue weighted by Gasteiger charge is -2.06. The largest absolute Gasteiger partial charge is 0.304 e. The van der Waals surface area contributed by atoms with Crippen LogP contribution >= 0.6 is 11.8 Å². The number of hydrogen-bond acceptors (Lipinski definition) is 3. The first-order valence-corrected chi connectivity index (χ1v) is 5.14. The Morgan fingerprint density at radius 2 is 2.31 bits per heavy atom. The van der Waals surface area contributed by atoms with Crippen LogP contribution in [0, 0.1) is 5.82 Å². The summed E-state index contributed by atoms with van der Waals surface area (Å²) in [5.74, 6) is 4.69. The summed E-state index contributed by atoms with van der Waals surface area (Å²) in [5.41, 5.74) is 0.943. The first-order valence-electron chi connectivity index (χ1n) is 3.92. The van der Waals surface area contributed by atoms with E-state index in [2.05, 4.69) is 4.84 Å². The van der Waals surface area contributed by atoms with Gasteiger partial charge in [0.05, 0.1) is 6.61 Å². The Labute approximate surface area is 81.2 Å². The predicted molar refractivity (Wildman–Crippen MR) is 52.0 cm³/mol. The lowest BCUT2D eigenvalue weighted by Crippen LogP contribution is -2.04. The Kier molecular flexibility index (Phi) is 4.21. The Morgan fingerprint density at radius 1 is 1.54 bits per heavy atom. The van der Waals surface area contributed by atoms with Crippen LogP contribution in [0.5, 0.6) is 0 Å². The van der Waals surface area contributed by atoms with E-state index in [4.69, 9.17) is 5.90 Å². The lowest BCUT2D eigenvalue weighted by atomic mass is 10.1. The standard InChI is InChI=1S/C9H12FNOS/c1-13-9-3-2-8(10)6-7(9)4-5-12-11/h2-3,6H,4-5,11H2,1H3. The number of thioether (sulfide) groups is 1. The zero-order valence-corrected chi connectivity index (χ0v) is 8.23. The van der Waals surface area contributed by atoms with Crippen LogP contribution in [-0.2, 0) is 11.3 Å². The fourth-order valence-electron chi connectivity index (χ4n) is 1.11. The second-order valence-electron chi connectivity index (χ2n) is 2.58. The lowest BCUT2D eigenvalue weighted by molar-refractivity contribution is 0.141. The molecule has 0 aliphatic heterocycles. The third kappa shape index (κ3) is 2.99. The van der Waals surface area contributed by atoms with Crippen molar-refractivity contribution in [1.82, 2.24) is 0 Å². The molecule has 0 aliphatic carbocycles. The van der Waals surface area contributed by atoms with Gasteiger partial charge in [-0.15, -0.1) is 11.8 Å². The molecule has 0 bridgehead atoms. The molecule has 0 saturated carbocycles. The molecular weight excluding hydrogens is 189 g/mol. The highest BCUT2D eigenvalue weighted by molar-refractivity contribution is 7.98. The van der Waals surface area contributed by atoms with E-state index in [-0.39, 0.29) is 5.82 Å². The second kappa shape index (κ2) is 5.21. The van der Waals surface area contributed by atoms with Crippen LogP contribution in [0.1, 0.15) is 5.56 Å². The molecule has 0 heterocycles. The molecule has 2 N–H and O–H groups in total. The van der Waals surface area contributed by atoms with Crippen molar-refractivity contribution >= 4 is 11.8 Å². The first kappa shape index (κ1) is 10.5. The van der Waals surface area contributed by atoms with Crippen molar-refractivity contribution in [3.05, 3.63) is 29.6 Å². The van der Waals surface area contributed by atoms with Crippen molar-refractivity contribution in [3.63, 3.8) is 0 Å². The van der Waals surface area contributed by atoms with E-state index < -0.39 is 0 Å². The van der Waals surface area contributed by atoms with Gasteiger partial charge in [-0.05, 0) is 36.4 Å². The van der Waals surface area contributed by atoms with Gasteiger partial charge in [0.15, 0.2) is 0 Å². The van der Waals surface area contributed by atoms with Crippen LogP contribution in [0.4, 0.5) is 4.39 Å². The highest BCUT2D eigenvalue weighted by atomic mass is 32.2. The van der Waals surface area contributed by atoms with E-state index in [9.17, 15) is 4.39 Å². The first-order chi connectivity index (χ1) is 6.27. The molecule has 72 valence electrons. The van der Waals surface area contributed by atoms with Gasteiger partial charge in [0.2, 0.25) is 0 Å². The van der Waals surface area contributed by atoms with Crippen molar-refractivity contribution in [3.8, 4) is 0 Å². The van der Waals surface area contributed by atoms with Gasteiger partial charge in [0, 0.05) is 4.90 Å². The average molecular weight is 201 g/mol. The summed E-state index contributed by atoms with van der Waals surface area (Å²) in [7, 11) is 0. The van der Waals surface area contributed by atoms with Gasteiger partial charge >= 0.3 is 0 Å². The van der Waals surface area contributed by atoms with E-state index in [1.807, 2.05) is 6.26 Å². The number of halogens is 1. The van der Waals surface area contributed by atoms with Crippen molar-refractivity contribution in [2.45, 2.75) is 11.3 Å². The maximum Gasteiger partial charge on any atom is 0.123 e. The smallest absolute Gasteiger partial charge is 0.123 e. The molecule has 2 nitrogen and oxygen atoms in total. The van der Waals surface area contributed by atoms with Gasteiger partial charge in [-0.25, -0.2) is 10.3 Å². The molecule has 4 heteroatoms. The Hall–Kier alpha value is -0.580. The fraction of sp³-hybridized carbons (Fsp3) is 0.333. The van der Waals surface area contributed by atoms with Gasteiger partial charge in [-0.3, -0.25) is 0 Å². The molecule has 0 radical (unpaired) electrons. The van der Waals surface area contributed by atoms with Gasteiger partial charge < -0.3 is 4.84 Å². The van der Waals surface area contributed by atoms with Crippen LogP contribution < -0.4 is 5.90 Å². The van der Waals surface area contributed by atoms with Crippen molar-refractivity contribution in [2.24, 2.45) is 5.90 Å². The topological polar surface area (TPSA) is 35.2 Å². The quantitative estimate of drug-likeness (QED) is 0.597. The zero-order valence-electron chi connectivity index (χ0n) is 7.42. The maximum absolute atomic E-state index is 12.8. The molecule has 0 spiro atoms. The van der Waals surface area contributed by atoms with Crippen molar-refractivity contribution < 1.29 is 9.23 Å². The summed E-state index contributed by atoms with van der Waals surface area (Å²) in [6.45, 7) is 0.414. The Balaban J connectivity index is 2.81. The third-order valence-electron chi connectivity index (χ3n) is 1.73. The average Bonchev–Trinajstić information content (AvgIpc) is 2.15. The second-order valence-corrected chi connectivity index (χ2v) is 3.43. The number of rotatable bonds is 4. The van der Waals surface area contributed by atoms with Crippen LogP contribution in [0.3, 0.4) is 0 Å².